The molecule has 0 aliphatic carbocycles. The SMILES string of the molecule is CC/C=C\CC(O)/C=C/C=C\C=C\[C@@H](O)C/C=C\C/C=C\CCCCCCCCCCCCC(=O)[O-].[Na+]. The van der Waals surface area contributed by atoms with Gasteiger partial charge in [0.25, 0.3) is 0 Å². The van der Waals surface area contributed by atoms with Crippen molar-refractivity contribution < 1.29 is 49.7 Å². The van der Waals surface area contributed by atoms with E-state index in [4.69, 9.17) is 0 Å². The second kappa shape index (κ2) is 31.1. The molecule has 0 heterocycles. The Morgan fingerprint density at radius 3 is 1.62 bits per heavy atom. The van der Waals surface area contributed by atoms with Crippen molar-refractivity contribution in [2.45, 2.75) is 122 Å². The Bertz CT molecular complexity index is 676. The first-order valence-corrected chi connectivity index (χ1v) is 14.1. The van der Waals surface area contributed by atoms with Crippen LogP contribution in [0.2, 0.25) is 0 Å². The number of hydrogen-bond donors (Lipinski definition) is 2. The molecule has 0 aromatic carbocycles. The van der Waals surface area contributed by atoms with Crippen LogP contribution in [0.4, 0.5) is 0 Å². The number of aliphatic hydroxyl groups excluding tert-OH is 2. The molecule has 4 nitrogen and oxygen atoms in total. The van der Waals surface area contributed by atoms with Gasteiger partial charge in [-0.25, -0.2) is 0 Å². The summed E-state index contributed by atoms with van der Waals surface area (Å²) in [6.45, 7) is 2.07. The fourth-order valence-electron chi connectivity index (χ4n) is 3.64. The standard InChI is InChI=1S/C32H52O4.Na/c1-2-3-20-25-30(33)27-22-18-19-23-28-31(34)26-21-16-14-12-10-8-6-4-5-7-9-11-13-15-17-24-29-32(35)36;/h3,10,12,16,18-23,27-28,30-31,33-34H,2,4-9,11,13-15,17,24-26,29H2,1H3,(H,35,36);/q;+1/p-1/b12-10-,19-18-,20-3-,21-16-,27-22+,28-23+;/t30?,31-;/m0./s1. The van der Waals surface area contributed by atoms with Gasteiger partial charge < -0.3 is 20.1 Å². The first-order valence-electron chi connectivity index (χ1n) is 14.1. The maximum atomic E-state index is 10.3. The topological polar surface area (TPSA) is 80.6 Å². The van der Waals surface area contributed by atoms with E-state index in [1.807, 2.05) is 42.5 Å². The van der Waals surface area contributed by atoms with Gasteiger partial charge >= 0.3 is 29.6 Å². The molecule has 0 saturated carbocycles. The number of carboxylic acids is 1. The molecule has 0 bridgehead atoms. The third-order valence-corrected chi connectivity index (χ3v) is 5.76. The first kappa shape index (κ1) is 38.0. The van der Waals surface area contributed by atoms with Crippen molar-refractivity contribution in [3.8, 4) is 0 Å². The Kier molecular flexibility index (Phi) is 31.9. The van der Waals surface area contributed by atoms with Gasteiger partial charge in [-0.05, 0) is 51.4 Å². The number of carbonyl (C=O) groups is 1. The summed E-state index contributed by atoms with van der Waals surface area (Å²) < 4.78 is 0. The van der Waals surface area contributed by atoms with E-state index in [-0.39, 0.29) is 36.0 Å². The third kappa shape index (κ3) is 32.8. The molecule has 0 rings (SSSR count). The molecule has 0 saturated heterocycles. The second-order valence-electron chi connectivity index (χ2n) is 9.27. The van der Waals surface area contributed by atoms with Gasteiger partial charge in [0, 0.05) is 5.97 Å². The largest absolute Gasteiger partial charge is 1.00 e. The summed E-state index contributed by atoms with van der Waals surface area (Å²) in [6.07, 6.45) is 38.8. The van der Waals surface area contributed by atoms with Gasteiger partial charge in [0.05, 0.1) is 12.2 Å². The van der Waals surface area contributed by atoms with Crippen LogP contribution in [0.15, 0.2) is 72.9 Å². The summed E-state index contributed by atoms with van der Waals surface area (Å²) in [5.74, 6) is -0.928. The maximum absolute atomic E-state index is 10.3. The number of hydrogen-bond acceptors (Lipinski definition) is 4. The van der Waals surface area contributed by atoms with Crippen LogP contribution >= 0.6 is 0 Å². The molecule has 1 unspecified atom stereocenters. The summed E-state index contributed by atoms with van der Waals surface area (Å²) in [7, 11) is 0. The van der Waals surface area contributed by atoms with E-state index in [1.165, 1.54) is 44.9 Å². The van der Waals surface area contributed by atoms with Crippen LogP contribution in [0.5, 0.6) is 0 Å². The molecule has 0 spiro atoms. The predicted molar refractivity (Wildman–Crippen MR) is 151 cm³/mol. The minimum absolute atomic E-state index is 0. The van der Waals surface area contributed by atoms with E-state index < -0.39 is 18.2 Å². The third-order valence-electron chi connectivity index (χ3n) is 5.76. The van der Waals surface area contributed by atoms with Gasteiger partial charge in [-0.2, -0.15) is 0 Å². The molecule has 0 aromatic heterocycles. The molecule has 5 heteroatoms. The van der Waals surface area contributed by atoms with Crippen LogP contribution in [0.25, 0.3) is 0 Å². The molecule has 0 radical (unpaired) electrons. The van der Waals surface area contributed by atoms with Crippen LogP contribution in [0.3, 0.4) is 0 Å². The summed E-state index contributed by atoms with van der Waals surface area (Å²) in [6, 6.07) is 0. The minimum atomic E-state index is -0.928. The van der Waals surface area contributed by atoms with Gasteiger partial charge in [-0.1, -0.05) is 131 Å². The van der Waals surface area contributed by atoms with Crippen molar-refractivity contribution in [3.63, 3.8) is 0 Å². The zero-order valence-corrected chi connectivity index (χ0v) is 25.6. The smallest absolute Gasteiger partial charge is 0.550 e. The first-order chi connectivity index (χ1) is 17.6. The molecule has 0 aliphatic heterocycles. The Hall–Kier alpha value is -1.17. The van der Waals surface area contributed by atoms with E-state index >= 15 is 0 Å². The number of carboxylic acid groups (broad SMARTS) is 1. The molecular formula is C32H51NaO4. The Labute approximate surface area is 249 Å². The molecule has 0 aliphatic rings. The number of carbonyl (C=O) groups excluding carboxylic acids is 1. The van der Waals surface area contributed by atoms with Gasteiger partial charge in [0.15, 0.2) is 0 Å². The molecule has 0 amide bonds. The summed E-state index contributed by atoms with van der Waals surface area (Å²) in [5, 5.41) is 30.1. The van der Waals surface area contributed by atoms with Gasteiger partial charge in [0.2, 0.25) is 0 Å². The Morgan fingerprint density at radius 2 is 1.11 bits per heavy atom. The maximum Gasteiger partial charge on any atom is 1.00 e. The van der Waals surface area contributed by atoms with Gasteiger partial charge in [-0.15, -0.1) is 0 Å². The quantitative estimate of drug-likeness (QED) is 0.0867. The number of rotatable bonds is 24. The summed E-state index contributed by atoms with van der Waals surface area (Å²) in [5.41, 5.74) is 0. The Balaban J connectivity index is 0. The number of aliphatic hydroxyl groups is 2. The summed E-state index contributed by atoms with van der Waals surface area (Å²) >= 11 is 0. The van der Waals surface area contributed by atoms with E-state index in [2.05, 4.69) is 25.2 Å². The van der Waals surface area contributed by atoms with Crippen LogP contribution in [-0.2, 0) is 4.79 Å². The van der Waals surface area contributed by atoms with E-state index in [1.54, 1.807) is 12.2 Å². The minimum Gasteiger partial charge on any atom is -0.550 e. The number of allylic oxidation sites excluding steroid dienone is 8. The molecular weight excluding hydrogens is 471 g/mol. The van der Waals surface area contributed by atoms with Gasteiger partial charge in [0.1, 0.15) is 0 Å². The van der Waals surface area contributed by atoms with E-state index in [9.17, 15) is 20.1 Å². The number of aliphatic carboxylic acids is 1. The molecule has 0 fully saturated rings. The van der Waals surface area contributed by atoms with Crippen molar-refractivity contribution in [1.82, 2.24) is 0 Å². The average molecular weight is 523 g/mol. The molecule has 0 aromatic rings. The van der Waals surface area contributed by atoms with Crippen molar-refractivity contribution in [3.05, 3.63) is 72.9 Å². The molecule has 2 N–H and O–H groups in total. The van der Waals surface area contributed by atoms with E-state index in [0.29, 0.717) is 12.8 Å². The normalized spacial score (nSPS) is 14.1. The van der Waals surface area contributed by atoms with Crippen molar-refractivity contribution in [2.24, 2.45) is 0 Å². The monoisotopic (exact) mass is 522 g/mol. The molecule has 2 atom stereocenters. The van der Waals surface area contributed by atoms with Crippen LogP contribution in [-0.4, -0.2) is 28.4 Å². The predicted octanol–water partition coefficient (Wildman–Crippen LogP) is 4.06. The van der Waals surface area contributed by atoms with Gasteiger partial charge in [-0.3, -0.25) is 0 Å². The van der Waals surface area contributed by atoms with Crippen molar-refractivity contribution >= 4 is 5.97 Å². The summed E-state index contributed by atoms with van der Waals surface area (Å²) in [4.78, 5) is 10.3. The number of unbranched alkanes of at least 4 members (excludes halogenated alkanes) is 10. The van der Waals surface area contributed by atoms with Crippen LogP contribution in [0.1, 0.15) is 110 Å². The fraction of sp³-hybridized carbons (Fsp3) is 0.594. The van der Waals surface area contributed by atoms with Crippen LogP contribution < -0.4 is 34.7 Å². The van der Waals surface area contributed by atoms with Crippen molar-refractivity contribution in [1.29, 1.82) is 0 Å². The van der Waals surface area contributed by atoms with Crippen LogP contribution in [0, 0.1) is 0 Å². The molecule has 204 valence electrons. The van der Waals surface area contributed by atoms with E-state index in [0.717, 1.165) is 38.5 Å². The second-order valence-corrected chi connectivity index (χ2v) is 9.27. The zero-order chi connectivity index (χ0) is 26.5. The Morgan fingerprint density at radius 1 is 0.649 bits per heavy atom. The zero-order valence-electron chi connectivity index (χ0n) is 23.6. The average Bonchev–Trinajstić information content (AvgIpc) is 2.85. The molecule has 37 heavy (non-hydrogen) atoms. The fourth-order valence-corrected chi connectivity index (χ4v) is 3.64. The van der Waals surface area contributed by atoms with Crippen molar-refractivity contribution in [2.75, 3.05) is 0 Å².